The van der Waals surface area contributed by atoms with Crippen molar-refractivity contribution in [3.63, 3.8) is 0 Å². The van der Waals surface area contributed by atoms with Crippen LogP contribution in [0.5, 0.6) is 0 Å². The summed E-state index contributed by atoms with van der Waals surface area (Å²) in [6, 6.07) is 5.08. The van der Waals surface area contributed by atoms with Crippen LogP contribution in [0.1, 0.15) is 66.5 Å². The van der Waals surface area contributed by atoms with E-state index >= 15 is 0 Å². The van der Waals surface area contributed by atoms with Crippen LogP contribution in [0.3, 0.4) is 0 Å². The molecule has 1 aliphatic rings. The predicted molar refractivity (Wildman–Crippen MR) is 181 cm³/mol. The highest BCUT2D eigenvalue weighted by Crippen LogP contribution is 2.32. The van der Waals surface area contributed by atoms with Crippen molar-refractivity contribution in [2.75, 3.05) is 26.2 Å². The number of likely N-dealkylation sites (N-methyl/N-ethyl adjacent to an activating group) is 1. The average molecular weight is 694 g/mol. The number of aromatic nitrogens is 2. The maximum Gasteiger partial charge on any atom is 0.416 e. The quantitative estimate of drug-likeness (QED) is 0.0827. The molecule has 0 fully saturated rings. The van der Waals surface area contributed by atoms with Crippen LogP contribution in [0.15, 0.2) is 82.7 Å². The summed E-state index contributed by atoms with van der Waals surface area (Å²) in [6.07, 6.45) is -10.7. The van der Waals surface area contributed by atoms with Crippen molar-refractivity contribution in [2.24, 2.45) is 5.89 Å². The number of rotatable bonds is 13. The monoisotopic (exact) mass is 693 g/mol. The van der Waals surface area contributed by atoms with Crippen LogP contribution in [0, 0.1) is 11.7 Å². The molecule has 0 bridgehead atoms. The van der Waals surface area contributed by atoms with Crippen molar-refractivity contribution < 1.29 is 40.2 Å². The second-order valence-corrected chi connectivity index (χ2v) is 11.4. The summed E-state index contributed by atoms with van der Waals surface area (Å²) in [7, 11) is 0. The zero-order valence-electron chi connectivity index (χ0n) is 39.2. The van der Waals surface area contributed by atoms with Gasteiger partial charge < -0.3 is 14.4 Å². The van der Waals surface area contributed by atoms with Gasteiger partial charge in [0.05, 0.1) is 13.8 Å². The number of benzene rings is 3. The summed E-state index contributed by atoms with van der Waals surface area (Å²) in [5.41, 5.74) is -7.60. The lowest BCUT2D eigenvalue weighted by molar-refractivity contribution is -0.137. The number of fused-ring (bicyclic) bond motifs is 1. The lowest BCUT2D eigenvalue weighted by Crippen LogP contribution is -2.40. The number of halogens is 4. The first-order chi connectivity index (χ1) is 28.0. The molecular formula is C37H40F4N4O2S. The van der Waals surface area contributed by atoms with E-state index in [0.717, 1.165) is 24.0 Å². The van der Waals surface area contributed by atoms with E-state index in [1.165, 1.54) is 36.4 Å². The van der Waals surface area contributed by atoms with E-state index in [9.17, 15) is 29.9 Å². The van der Waals surface area contributed by atoms with Crippen LogP contribution >= 0.6 is 11.8 Å². The fourth-order valence-electron chi connectivity index (χ4n) is 4.83. The van der Waals surface area contributed by atoms with Crippen molar-refractivity contribution >= 4 is 17.7 Å². The minimum Gasteiger partial charge on any atom is -0.336 e. The maximum atomic E-state index is 14.7. The highest BCUT2D eigenvalue weighted by molar-refractivity contribution is 7.98. The summed E-state index contributed by atoms with van der Waals surface area (Å²) < 4.78 is 167. The molecule has 254 valence electrons. The van der Waals surface area contributed by atoms with Gasteiger partial charge in [-0.1, -0.05) is 81.0 Å². The number of alkyl halides is 3. The Kier molecular flexibility index (Phi) is 7.07. The van der Waals surface area contributed by atoms with Gasteiger partial charge in [0.2, 0.25) is 5.91 Å². The summed E-state index contributed by atoms with van der Waals surface area (Å²) >= 11 is -0.0863. The Hall–Kier alpha value is -3.96. The van der Waals surface area contributed by atoms with Crippen LogP contribution in [0.4, 0.5) is 17.6 Å². The summed E-state index contributed by atoms with van der Waals surface area (Å²) in [5.74, 6) is -5.46. The highest BCUT2D eigenvalue weighted by atomic mass is 32.2. The molecule has 11 heteroatoms. The van der Waals surface area contributed by atoms with Gasteiger partial charge in [-0.3, -0.25) is 9.59 Å². The van der Waals surface area contributed by atoms with E-state index in [4.69, 9.17) is 15.1 Å². The molecule has 48 heavy (non-hydrogen) atoms. The first kappa shape index (κ1) is 21.9. The molecule has 1 aromatic heterocycles. The molecule has 4 aromatic rings. The molecule has 1 heterocycles. The second-order valence-electron chi connectivity index (χ2n) is 10.6. The van der Waals surface area contributed by atoms with Gasteiger partial charge in [-0.15, -0.1) is 0 Å². The van der Waals surface area contributed by atoms with E-state index in [1.54, 1.807) is 0 Å². The van der Waals surface area contributed by atoms with Gasteiger partial charge in [0.1, 0.15) is 12.4 Å². The van der Waals surface area contributed by atoms with Gasteiger partial charge in [-0.05, 0) is 78.2 Å². The number of carbonyl (C=O) groups is 1. The Morgan fingerprint density at radius 2 is 1.65 bits per heavy atom. The molecule has 0 saturated heterocycles. The van der Waals surface area contributed by atoms with Crippen molar-refractivity contribution in [3.05, 3.63) is 117 Å². The third-order valence-corrected chi connectivity index (χ3v) is 8.23. The van der Waals surface area contributed by atoms with E-state index in [2.05, 4.69) is 4.98 Å². The molecule has 6 nitrogen and oxygen atoms in total. The Labute approximate surface area is 301 Å². The Morgan fingerprint density at radius 3 is 2.25 bits per heavy atom. The molecule has 0 radical (unpaired) electrons. The predicted octanol–water partition coefficient (Wildman–Crippen LogP) is 7.47. The van der Waals surface area contributed by atoms with Crippen molar-refractivity contribution in [1.29, 1.82) is 0 Å². The average Bonchev–Trinajstić information content (AvgIpc) is 3.28. The van der Waals surface area contributed by atoms with Gasteiger partial charge >= 0.3 is 6.18 Å². The van der Waals surface area contributed by atoms with Gasteiger partial charge in [0, 0.05) is 46.1 Å². The Balaban J connectivity index is 1.67. The standard InChI is InChI=1S/C37H40F4N4O2S/c1-4-43(5-2)18-19-44(22-26-6-10-28(11-7-26)29-12-14-30(15-13-29)37(39,40)41)34(46)23-45-33-21-25(3)20-32(33)35(47)42-36(45)48-24-27-8-16-31(38)17-9-27/h6-17,25H,4-5,18-24H2,1-3H3/i8D,9D,16D,17D,20D2,21D2,22D2,24D2,25D. The molecule has 1 aliphatic carbocycles. The van der Waals surface area contributed by atoms with Crippen LogP contribution in [-0.4, -0.2) is 51.4 Å². The molecule has 0 spiro atoms. The third kappa shape index (κ3) is 8.73. The van der Waals surface area contributed by atoms with Crippen LogP contribution < -0.4 is 5.56 Å². The van der Waals surface area contributed by atoms with E-state index in [1.807, 2.05) is 18.7 Å². The Morgan fingerprint density at radius 1 is 1.02 bits per heavy atom. The lowest BCUT2D eigenvalue weighted by atomic mass is 10.0. The van der Waals surface area contributed by atoms with Crippen molar-refractivity contribution in [2.45, 2.75) is 63.6 Å². The number of hydrogen-bond donors (Lipinski definition) is 0. The number of amides is 1. The third-order valence-electron chi connectivity index (χ3n) is 7.43. The van der Waals surface area contributed by atoms with Gasteiger partial charge in [0.15, 0.2) is 5.16 Å². The van der Waals surface area contributed by atoms with Crippen LogP contribution in [0.25, 0.3) is 11.1 Å². The topological polar surface area (TPSA) is 58.4 Å². The molecule has 1 atom stereocenters. The van der Waals surface area contributed by atoms with Crippen LogP contribution in [-0.2, 0) is 42.5 Å². The van der Waals surface area contributed by atoms with E-state index < -0.39 is 113 Å². The van der Waals surface area contributed by atoms with E-state index in [0.29, 0.717) is 28.8 Å². The van der Waals surface area contributed by atoms with Gasteiger partial charge in [-0.2, -0.15) is 18.2 Å². The Bertz CT molecular complexity index is 2370. The molecule has 3 aromatic carbocycles. The number of hydrogen-bond acceptors (Lipinski definition) is 5. The normalized spacial score (nSPS) is 22.5. The minimum absolute atomic E-state index is 0.0863. The summed E-state index contributed by atoms with van der Waals surface area (Å²) in [4.78, 5) is 34.8. The fraction of sp³-hybridized carbons (Fsp3) is 0.378. The first-order valence-corrected chi connectivity index (χ1v) is 15.7. The first-order valence-electron chi connectivity index (χ1n) is 21.4. The SMILES string of the molecule is [2H]c1c([2H])c(C([2H])([2H])Sc2nc(=O)c3c(n2CC(=O)N(CCN(CC)CC)C([2H])([2H])c2ccc(-c4ccc(C(F)(F)F)cc4)cc2)C([2H])([2H])C([2H])(C)C3([2H])[2H])c([2H])c([2H])c1F. The number of carbonyl (C=O) groups excluding carboxylic acids is 1. The zero-order valence-corrected chi connectivity index (χ0v) is 27.0. The number of nitrogens with zero attached hydrogens (tertiary/aromatic N) is 4. The van der Waals surface area contributed by atoms with Crippen molar-refractivity contribution in [1.82, 2.24) is 19.4 Å². The van der Waals surface area contributed by atoms with Crippen molar-refractivity contribution in [3.8, 4) is 11.1 Å². The fourth-order valence-corrected chi connectivity index (χ4v) is 5.52. The molecule has 0 N–H and O–H groups in total. The summed E-state index contributed by atoms with van der Waals surface area (Å²) in [5, 5.41) is -0.842. The maximum absolute atomic E-state index is 14.7. The van der Waals surface area contributed by atoms with Crippen LogP contribution in [0.2, 0.25) is 0 Å². The molecule has 1 amide bonds. The zero-order chi connectivity index (χ0) is 46.0. The molecular weight excluding hydrogens is 640 g/mol. The smallest absolute Gasteiger partial charge is 0.336 e. The molecule has 1 unspecified atom stereocenters. The lowest BCUT2D eigenvalue weighted by Gasteiger charge is -2.28. The second kappa shape index (κ2) is 15.5. The molecule has 5 rings (SSSR count). The summed E-state index contributed by atoms with van der Waals surface area (Å²) in [6.45, 7) is 1.41. The van der Waals surface area contributed by atoms with Gasteiger partial charge in [0.25, 0.3) is 5.56 Å². The molecule has 0 aliphatic heterocycles. The molecule has 0 saturated carbocycles. The van der Waals surface area contributed by atoms with E-state index in [-0.39, 0.29) is 30.4 Å². The minimum atomic E-state index is -4.57. The highest BCUT2D eigenvalue weighted by Gasteiger charge is 2.30. The number of thioether (sulfide) groups is 1. The largest absolute Gasteiger partial charge is 0.416 e. The van der Waals surface area contributed by atoms with Gasteiger partial charge in [-0.25, -0.2) is 4.39 Å².